The molecule has 0 aliphatic heterocycles. The van der Waals surface area contributed by atoms with Crippen LogP contribution in [-0.4, -0.2) is 14.3 Å². The van der Waals surface area contributed by atoms with Crippen molar-refractivity contribution in [3.63, 3.8) is 0 Å². The van der Waals surface area contributed by atoms with E-state index in [0.29, 0.717) is 21.3 Å². The van der Waals surface area contributed by atoms with Crippen LogP contribution in [0.25, 0.3) is 6.08 Å². The van der Waals surface area contributed by atoms with Gasteiger partial charge in [0.15, 0.2) is 0 Å². The summed E-state index contributed by atoms with van der Waals surface area (Å²) in [6.07, 6.45) is 1.33. The second kappa shape index (κ2) is 7.68. The summed E-state index contributed by atoms with van der Waals surface area (Å²) in [5, 5.41) is 17.4. The fourth-order valence-corrected chi connectivity index (χ4v) is 2.83. The van der Waals surface area contributed by atoms with Crippen LogP contribution in [0.3, 0.4) is 0 Å². The molecule has 0 radical (unpaired) electrons. The highest BCUT2D eigenvalue weighted by Crippen LogP contribution is 2.23. The zero-order valence-corrected chi connectivity index (χ0v) is 14.9. The number of hydrogen-bond donors (Lipinski definition) is 2. The molecule has 0 fully saturated rings. The lowest BCUT2D eigenvalue weighted by Crippen LogP contribution is -2.14. The van der Waals surface area contributed by atoms with E-state index in [1.54, 1.807) is 18.2 Å². The van der Waals surface area contributed by atoms with E-state index in [0.717, 1.165) is 0 Å². The maximum Gasteiger partial charge on any atom is 0.266 e. The standard InChI is InChI=1S/C16H11Cl2N3O3S/c17-12-2-1-10(15(18)8-12)7-11(9-19)16(22)21-13-3-5-14(6-4-13)25(20,23)24/h1-8H,(H,21,22)(H2,20,23,24). The molecule has 0 unspecified atom stereocenters. The Morgan fingerprint density at radius 1 is 1.16 bits per heavy atom. The van der Waals surface area contributed by atoms with Gasteiger partial charge in [-0.2, -0.15) is 5.26 Å². The van der Waals surface area contributed by atoms with Crippen molar-refractivity contribution in [2.75, 3.05) is 5.32 Å². The SMILES string of the molecule is N#CC(=Cc1ccc(Cl)cc1Cl)C(=O)Nc1ccc(S(N)(=O)=O)cc1. The zero-order chi connectivity index (χ0) is 18.6. The highest BCUT2D eigenvalue weighted by Gasteiger charge is 2.12. The average Bonchev–Trinajstić information content (AvgIpc) is 2.53. The summed E-state index contributed by atoms with van der Waals surface area (Å²) in [4.78, 5) is 12.1. The van der Waals surface area contributed by atoms with Crippen molar-refractivity contribution in [1.29, 1.82) is 5.26 Å². The number of primary sulfonamides is 1. The molecule has 0 heterocycles. The van der Waals surface area contributed by atoms with Gasteiger partial charge in [-0.1, -0.05) is 29.3 Å². The van der Waals surface area contributed by atoms with Crippen molar-refractivity contribution in [2.24, 2.45) is 5.14 Å². The van der Waals surface area contributed by atoms with Gasteiger partial charge in [-0.3, -0.25) is 4.79 Å². The topological polar surface area (TPSA) is 113 Å². The Bertz CT molecular complexity index is 994. The molecule has 1 amide bonds. The van der Waals surface area contributed by atoms with Crippen molar-refractivity contribution in [3.05, 3.63) is 63.6 Å². The normalized spacial score (nSPS) is 11.7. The van der Waals surface area contributed by atoms with E-state index >= 15 is 0 Å². The molecule has 3 N–H and O–H groups in total. The van der Waals surface area contributed by atoms with Gasteiger partial charge in [0.25, 0.3) is 5.91 Å². The molecule has 0 aromatic heterocycles. The predicted octanol–water partition coefficient (Wildman–Crippen LogP) is 3.19. The molecule has 6 nitrogen and oxygen atoms in total. The number of rotatable bonds is 4. The summed E-state index contributed by atoms with van der Waals surface area (Å²) in [6.45, 7) is 0. The van der Waals surface area contributed by atoms with Crippen LogP contribution in [0.1, 0.15) is 5.56 Å². The lowest BCUT2D eigenvalue weighted by Gasteiger charge is -2.06. The van der Waals surface area contributed by atoms with E-state index < -0.39 is 15.9 Å². The molecule has 128 valence electrons. The number of sulfonamides is 1. The van der Waals surface area contributed by atoms with E-state index in [-0.39, 0.29) is 10.5 Å². The number of hydrogen-bond acceptors (Lipinski definition) is 4. The first-order valence-corrected chi connectivity index (χ1v) is 9.02. The summed E-state index contributed by atoms with van der Waals surface area (Å²) < 4.78 is 22.4. The highest BCUT2D eigenvalue weighted by molar-refractivity contribution is 7.89. The van der Waals surface area contributed by atoms with Crippen LogP contribution in [-0.2, 0) is 14.8 Å². The van der Waals surface area contributed by atoms with Crippen LogP contribution in [0, 0.1) is 11.3 Å². The maximum absolute atomic E-state index is 12.2. The second-order valence-corrected chi connectivity index (χ2v) is 7.26. The number of nitrogens with one attached hydrogen (secondary N) is 1. The molecule has 2 aromatic rings. The molecule has 0 aliphatic carbocycles. The van der Waals surface area contributed by atoms with Gasteiger partial charge >= 0.3 is 0 Å². The first kappa shape index (κ1) is 19.0. The van der Waals surface area contributed by atoms with E-state index in [4.69, 9.17) is 28.3 Å². The number of amides is 1. The number of nitrogens with two attached hydrogens (primary N) is 1. The van der Waals surface area contributed by atoms with Crippen molar-refractivity contribution in [1.82, 2.24) is 0 Å². The third-order valence-corrected chi connectivity index (χ3v) is 4.56. The minimum atomic E-state index is -3.82. The summed E-state index contributed by atoms with van der Waals surface area (Å²) in [7, 11) is -3.82. The van der Waals surface area contributed by atoms with Gasteiger partial charge in [-0.25, -0.2) is 13.6 Å². The monoisotopic (exact) mass is 395 g/mol. The lowest BCUT2D eigenvalue weighted by molar-refractivity contribution is -0.112. The molecular weight excluding hydrogens is 385 g/mol. The molecule has 0 atom stereocenters. The highest BCUT2D eigenvalue weighted by atomic mass is 35.5. The van der Waals surface area contributed by atoms with E-state index in [2.05, 4.69) is 5.32 Å². The van der Waals surface area contributed by atoms with Crippen molar-refractivity contribution in [3.8, 4) is 6.07 Å². The van der Waals surface area contributed by atoms with Crippen molar-refractivity contribution in [2.45, 2.75) is 4.90 Å². The van der Waals surface area contributed by atoms with Gasteiger partial charge in [-0.05, 0) is 48.0 Å². The molecule has 25 heavy (non-hydrogen) atoms. The molecule has 0 saturated carbocycles. The Kier molecular flexibility index (Phi) is 5.82. The van der Waals surface area contributed by atoms with Crippen LogP contribution < -0.4 is 10.5 Å². The quantitative estimate of drug-likeness (QED) is 0.610. The first-order valence-electron chi connectivity index (χ1n) is 6.72. The number of nitrogens with zero attached hydrogens (tertiary/aromatic N) is 1. The molecule has 2 rings (SSSR count). The van der Waals surface area contributed by atoms with Gasteiger partial charge in [0.05, 0.1) is 4.90 Å². The van der Waals surface area contributed by atoms with Crippen molar-refractivity contribution >= 4 is 50.9 Å². The number of halogens is 2. The Labute approximate surface area is 154 Å². The van der Waals surface area contributed by atoms with E-state index in [1.807, 2.05) is 0 Å². The van der Waals surface area contributed by atoms with Crippen LogP contribution in [0.15, 0.2) is 52.9 Å². The lowest BCUT2D eigenvalue weighted by atomic mass is 10.1. The summed E-state index contributed by atoms with van der Waals surface area (Å²) in [6, 6.07) is 11.7. The molecule has 2 aromatic carbocycles. The number of anilines is 1. The van der Waals surface area contributed by atoms with Crippen molar-refractivity contribution < 1.29 is 13.2 Å². The molecular formula is C16H11Cl2N3O3S. The molecule has 0 spiro atoms. The smallest absolute Gasteiger partial charge is 0.266 e. The van der Waals surface area contributed by atoms with Gasteiger partial charge < -0.3 is 5.32 Å². The first-order chi connectivity index (χ1) is 11.7. The predicted molar refractivity (Wildman–Crippen MR) is 96.5 cm³/mol. The van der Waals surface area contributed by atoms with Crippen LogP contribution in [0.4, 0.5) is 5.69 Å². The van der Waals surface area contributed by atoms with Gasteiger partial charge in [0, 0.05) is 15.7 Å². The number of carbonyl (C=O) groups is 1. The van der Waals surface area contributed by atoms with Crippen LogP contribution in [0.2, 0.25) is 10.0 Å². The van der Waals surface area contributed by atoms with Crippen LogP contribution >= 0.6 is 23.2 Å². The summed E-state index contributed by atoms with van der Waals surface area (Å²) >= 11 is 11.8. The number of carbonyl (C=O) groups excluding carboxylic acids is 1. The molecule has 0 saturated heterocycles. The Morgan fingerprint density at radius 2 is 1.80 bits per heavy atom. The second-order valence-electron chi connectivity index (χ2n) is 4.86. The number of nitriles is 1. The molecule has 9 heteroatoms. The summed E-state index contributed by atoms with van der Waals surface area (Å²) in [5.74, 6) is -0.670. The number of benzene rings is 2. The Morgan fingerprint density at radius 3 is 2.32 bits per heavy atom. The van der Waals surface area contributed by atoms with Gasteiger partial charge in [0.2, 0.25) is 10.0 Å². The molecule has 0 aliphatic rings. The van der Waals surface area contributed by atoms with Gasteiger partial charge in [-0.15, -0.1) is 0 Å². The van der Waals surface area contributed by atoms with Gasteiger partial charge in [0.1, 0.15) is 11.6 Å². The zero-order valence-electron chi connectivity index (χ0n) is 12.5. The molecule has 0 bridgehead atoms. The third kappa shape index (κ3) is 5.05. The summed E-state index contributed by atoms with van der Waals surface area (Å²) in [5.41, 5.74) is 0.586. The van der Waals surface area contributed by atoms with Crippen LogP contribution in [0.5, 0.6) is 0 Å². The maximum atomic E-state index is 12.2. The third-order valence-electron chi connectivity index (χ3n) is 3.07. The average molecular weight is 396 g/mol. The van der Waals surface area contributed by atoms with E-state index in [9.17, 15) is 18.5 Å². The minimum Gasteiger partial charge on any atom is -0.321 e. The Balaban J connectivity index is 2.23. The fraction of sp³-hybridized carbons (Fsp3) is 0. The largest absolute Gasteiger partial charge is 0.321 e. The minimum absolute atomic E-state index is 0.0884. The van der Waals surface area contributed by atoms with E-state index in [1.165, 1.54) is 36.4 Å². The fourth-order valence-electron chi connectivity index (χ4n) is 1.85. The Hall–Kier alpha value is -2.37.